The lowest BCUT2D eigenvalue weighted by molar-refractivity contribution is -0.117. The third-order valence-electron chi connectivity index (χ3n) is 5.50. The molecular formula is C23H25N3O3S. The summed E-state index contributed by atoms with van der Waals surface area (Å²) in [6, 6.07) is 12.0. The lowest BCUT2D eigenvalue weighted by Crippen LogP contribution is -2.20. The van der Waals surface area contributed by atoms with Crippen molar-refractivity contribution in [1.82, 2.24) is 9.78 Å². The van der Waals surface area contributed by atoms with Gasteiger partial charge in [-0.1, -0.05) is 18.2 Å². The first kappa shape index (κ1) is 20.3. The number of aromatic nitrogens is 2. The Hall–Kier alpha value is -2.93. The molecule has 7 heteroatoms. The van der Waals surface area contributed by atoms with E-state index in [-0.39, 0.29) is 23.9 Å². The first-order valence-electron chi connectivity index (χ1n) is 10.2. The lowest BCUT2D eigenvalue weighted by atomic mass is 9.92. The number of nitrogens with one attached hydrogen (secondary N) is 1. The summed E-state index contributed by atoms with van der Waals surface area (Å²) in [7, 11) is 0. The number of nitrogens with zero attached hydrogens (tertiary/aromatic N) is 2. The van der Waals surface area contributed by atoms with Crippen molar-refractivity contribution in [3.63, 3.8) is 0 Å². The van der Waals surface area contributed by atoms with Crippen LogP contribution in [0.4, 0.5) is 5.69 Å². The molecule has 0 atom stereocenters. The van der Waals surface area contributed by atoms with E-state index in [0.29, 0.717) is 5.89 Å². The van der Waals surface area contributed by atoms with E-state index < -0.39 is 0 Å². The fourth-order valence-corrected chi connectivity index (χ4v) is 3.87. The van der Waals surface area contributed by atoms with Gasteiger partial charge in [0.05, 0.1) is 0 Å². The van der Waals surface area contributed by atoms with E-state index in [2.05, 4.69) is 22.5 Å². The first-order chi connectivity index (χ1) is 14.5. The summed E-state index contributed by atoms with van der Waals surface area (Å²) in [5.74, 6) is 0.923. The van der Waals surface area contributed by atoms with Crippen LogP contribution in [0.1, 0.15) is 41.0 Å². The molecule has 4 rings (SSSR count). The van der Waals surface area contributed by atoms with Crippen molar-refractivity contribution in [3.8, 4) is 5.75 Å². The second-order valence-electron chi connectivity index (χ2n) is 7.64. The largest absolute Gasteiger partial charge is 0.484 e. The van der Waals surface area contributed by atoms with Crippen LogP contribution < -0.4 is 10.1 Å². The minimum atomic E-state index is -0.213. The van der Waals surface area contributed by atoms with Gasteiger partial charge in [0.1, 0.15) is 12.3 Å². The van der Waals surface area contributed by atoms with E-state index in [9.17, 15) is 4.79 Å². The molecule has 3 aromatic rings. The molecule has 2 aromatic carbocycles. The Bertz CT molecular complexity index is 1130. The maximum Gasteiger partial charge on any atom is 0.287 e. The van der Waals surface area contributed by atoms with Crippen molar-refractivity contribution in [1.29, 1.82) is 0 Å². The second kappa shape index (κ2) is 8.83. The van der Waals surface area contributed by atoms with Gasteiger partial charge in [0.2, 0.25) is 5.91 Å². The summed E-state index contributed by atoms with van der Waals surface area (Å²) in [4.78, 5) is 12.6. The smallest absolute Gasteiger partial charge is 0.287 e. The number of hydrogen-bond donors (Lipinski definition) is 1. The van der Waals surface area contributed by atoms with Gasteiger partial charge in [0.15, 0.2) is 6.61 Å². The summed E-state index contributed by atoms with van der Waals surface area (Å²) in [6.07, 6.45) is 4.71. The number of carbonyl (C=O) groups excluding carboxylic acids is 1. The van der Waals surface area contributed by atoms with Gasteiger partial charge in [0.25, 0.3) is 10.7 Å². The maximum atomic E-state index is 12.4. The topological polar surface area (TPSA) is 69.3 Å². The number of ether oxygens (including phenoxy) is 1. The molecule has 0 fully saturated rings. The Balaban J connectivity index is 1.38. The SMILES string of the molecule is Cc1cccc(NC(=O)Cn2nc(COc3ccc4c(c3)CCCC4)oc2=S)c1C. The van der Waals surface area contributed by atoms with Gasteiger partial charge in [0, 0.05) is 5.69 Å². The van der Waals surface area contributed by atoms with Crippen molar-refractivity contribution in [2.24, 2.45) is 0 Å². The molecular weight excluding hydrogens is 398 g/mol. The summed E-state index contributed by atoms with van der Waals surface area (Å²) >= 11 is 5.21. The Kier molecular flexibility index (Phi) is 5.99. The van der Waals surface area contributed by atoms with Crippen LogP contribution in [0.5, 0.6) is 5.75 Å². The third kappa shape index (κ3) is 4.62. The number of amides is 1. The average molecular weight is 424 g/mol. The molecule has 0 radical (unpaired) electrons. The van der Waals surface area contributed by atoms with Crippen molar-refractivity contribution in [3.05, 3.63) is 69.4 Å². The molecule has 0 saturated carbocycles. The van der Waals surface area contributed by atoms with Crippen LogP contribution in [-0.2, 0) is 30.8 Å². The first-order valence-corrected chi connectivity index (χ1v) is 10.6. The molecule has 1 amide bonds. The van der Waals surface area contributed by atoms with E-state index in [1.165, 1.54) is 28.7 Å². The predicted octanol–water partition coefficient (Wildman–Crippen LogP) is 4.92. The minimum absolute atomic E-state index is 0.0193. The van der Waals surface area contributed by atoms with Gasteiger partial charge in [-0.05, 0) is 92.2 Å². The van der Waals surface area contributed by atoms with Crippen LogP contribution in [0, 0.1) is 18.7 Å². The Morgan fingerprint density at radius 2 is 2.00 bits per heavy atom. The second-order valence-corrected chi connectivity index (χ2v) is 7.99. The Morgan fingerprint density at radius 1 is 1.20 bits per heavy atom. The highest BCUT2D eigenvalue weighted by Gasteiger charge is 2.13. The number of fused-ring (bicyclic) bond motifs is 1. The molecule has 0 aliphatic heterocycles. The Morgan fingerprint density at radius 3 is 2.83 bits per heavy atom. The highest BCUT2D eigenvalue weighted by molar-refractivity contribution is 7.71. The molecule has 0 spiro atoms. The number of hydrogen-bond acceptors (Lipinski definition) is 5. The fraction of sp³-hybridized carbons (Fsp3) is 0.348. The zero-order valence-electron chi connectivity index (χ0n) is 17.2. The van der Waals surface area contributed by atoms with Gasteiger partial charge in [-0.2, -0.15) is 0 Å². The van der Waals surface area contributed by atoms with E-state index in [1.54, 1.807) is 0 Å². The summed E-state index contributed by atoms with van der Waals surface area (Å²) in [5, 5.41) is 7.20. The molecule has 1 aliphatic rings. The Labute approximate surface area is 180 Å². The number of carbonyl (C=O) groups is 1. The van der Waals surface area contributed by atoms with E-state index in [4.69, 9.17) is 21.4 Å². The number of rotatable bonds is 6. The fourth-order valence-electron chi connectivity index (χ4n) is 3.66. The quantitative estimate of drug-likeness (QED) is 0.570. The average Bonchev–Trinajstić information content (AvgIpc) is 3.09. The van der Waals surface area contributed by atoms with Gasteiger partial charge < -0.3 is 14.5 Å². The van der Waals surface area contributed by atoms with Crippen LogP contribution in [0.15, 0.2) is 40.8 Å². The highest BCUT2D eigenvalue weighted by atomic mass is 32.1. The van der Waals surface area contributed by atoms with Crippen LogP contribution in [0.3, 0.4) is 0 Å². The molecule has 30 heavy (non-hydrogen) atoms. The van der Waals surface area contributed by atoms with Crippen LogP contribution in [-0.4, -0.2) is 15.7 Å². The highest BCUT2D eigenvalue weighted by Crippen LogP contribution is 2.25. The molecule has 1 N–H and O–H groups in total. The van der Waals surface area contributed by atoms with Gasteiger partial charge >= 0.3 is 0 Å². The normalized spacial score (nSPS) is 13.0. The third-order valence-corrected chi connectivity index (χ3v) is 5.80. The van der Waals surface area contributed by atoms with Gasteiger partial charge in [-0.15, -0.1) is 5.10 Å². The standard InChI is InChI=1S/C23H25N3O3S/c1-15-6-5-9-20(16(15)2)24-21(27)13-26-23(30)29-22(25-26)14-28-19-11-10-17-7-3-4-8-18(17)12-19/h5-6,9-12H,3-4,7-8,13-14H2,1-2H3,(H,24,27). The van der Waals surface area contributed by atoms with E-state index in [0.717, 1.165) is 35.4 Å². The molecule has 1 aliphatic carbocycles. The van der Waals surface area contributed by atoms with Crippen molar-refractivity contribution >= 4 is 23.8 Å². The summed E-state index contributed by atoms with van der Waals surface area (Å²) in [6.45, 7) is 4.12. The van der Waals surface area contributed by atoms with Crippen molar-refractivity contribution in [2.75, 3.05) is 5.32 Å². The number of benzene rings is 2. The van der Waals surface area contributed by atoms with Crippen molar-refractivity contribution in [2.45, 2.75) is 52.7 Å². The van der Waals surface area contributed by atoms with Gasteiger partial charge in [-0.25, -0.2) is 4.68 Å². The molecule has 0 unspecified atom stereocenters. The van der Waals surface area contributed by atoms with E-state index >= 15 is 0 Å². The molecule has 0 saturated heterocycles. The van der Waals surface area contributed by atoms with Crippen LogP contribution >= 0.6 is 12.2 Å². The maximum absolute atomic E-state index is 12.4. The lowest BCUT2D eigenvalue weighted by Gasteiger charge is -2.16. The number of aryl methyl sites for hydroxylation is 3. The molecule has 156 valence electrons. The zero-order chi connectivity index (χ0) is 21.1. The minimum Gasteiger partial charge on any atom is -0.484 e. The molecule has 0 bridgehead atoms. The molecule has 1 aromatic heterocycles. The van der Waals surface area contributed by atoms with Crippen LogP contribution in [0.25, 0.3) is 0 Å². The zero-order valence-corrected chi connectivity index (χ0v) is 18.1. The van der Waals surface area contributed by atoms with Crippen molar-refractivity contribution < 1.29 is 13.9 Å². The molecule has 1 heterocycles. The number of anilines is 1. The summed E-state index contributed by atoms with van der Waals surface area (Å²) in [5.41, 5.74) is 5.70. The van der Waals surface area contributed by atoms with E-state index in [1.807, 2.05) is 38.1 Å². The predicted molar refractivity (Wildman–Crippen MR) is 117 cm³/mol. The van der Waals surface area contributed by atoms with Gasteiger partial charge in [-0.3, -0.25) is 4.79 Å². The van der Waals surface area contributed by atoms with Crippen LogP contribution in [0.2, 0.25) is 0 Å². The summed E-state index contributed by atoms with van der Waals surface area (Å²) < 4.78 is 12.7. The monoisotopic (exact) mass is 423 g/mol. The molecule has 6 nitrogen and oxygen atoms in total.